The molecule has 8 nitrogen and oxygen atoms in total. The van der Waals surface area contributed by atoms with E-state index >= 15 is 0 Å². The molecule has 0 aromatic heterocycles. The van der Waals surface area contributed by atoms with Crippen molar-refractivity contribution in [3.05, 3.63) is 107 Å². The fourth-order valence-electron chi connectivity index (χ4n) is 3.80. The number of rotatable bonds is 7. The Hall–Kier alpha value is -5.42. The van der Waals surface area contributed by atoms with E-state index in [2.05, 4.69) is 5.32 Å². The first-order chi connectivity index (χ1) is 18.4. The Kier molecular flexibility index (Phi) is 7.80. The lowest BCUT2D eigenvalue weighted by atomic mass is 10.0. The Balaban J connectivity index is 1.57. The van der Waals surface area contributed by atoms with Crippen LogP contribution < -0.4 is 14.8 Å². The largest absolute Gasteiger partial charge is 0.493 e. The van der Waals surface area contributed by atoms with E-state index < -0.39 is 17.8 Å². The van der Waals surface area contributed by atoms with Crippen molar-refractivity contribution in [1.29, 1.82) is 5.26 Å². The molecule has 1 N–H and O–H groups in total. The highest BCUT2D eigenvalue weighted by molar-refractivity contribution is 6.12. The molecule has 0 atom stereocenters. The number of ether oxygens (including phenoxy) is 3. The van der Waals surface area contributed by atoms with Crippen molar-refractivity contribution in [2.24, 2.45) is 0 Å². The highest BCUT2D eigenvalue weighted by Gasteiger charge is 2.18. The van der Waals surface area contributed by atoms with Crippen molar-refractivity contribution < 1.29 is 28.6 Å². The number of nitriles is 1. The fourth-order valence-corrected chi connectivity index (χ4v) is 3.80. The third-order valence-electron chi connectivity index (χ3n) is 5.66. The zero-order chi connectivity index (χ0) is 27.1. The van der Waals surface area contributed by atoms with Crippen LogP contribution in [-0.4, -0.2) is 32.1 Å². The molecular weight excluding hydrogens is 484 g/mol. The van der Waals surface area contributed by atoms with Gasteiger partial charge < -0.3 is 19.5 Å². The summed E-state index contributed by atoms with van der Waals surface area (Å²) in [6.07, 6.45) is 1.36. The summed E-state index contributed by atoms with van der Waals surface area (Å²) in [6, 6.07) is 25.7. The Bertz CT molecular complexity index is 1610. The van der Waals surface area contributed by atoms with Crippen molar-refractivity contribution in [2.75, 3.05) is 19.5 Å². The quantitative estimate of drug-likeness (QED) is 0.154. The summed E-state index contributed by atoms with van der Waals surface area (Å²) in [4.78, 5) is 37.7. The molecule has 0 radical (unpaired) electrons. The smallest absolute Gasteiger partial charge is 0.344 e. The number of esters is 2. The van der Waals surface area contributed by atoms with E-state index in [0.717, 1.165) is 10.8 Å². The molecule has 0 unspecified atom stereocenters. The van der Waals surface area contributed by atoms with Crippen LogP contribution in [0.15, 0.2) is 90.5 Å². The van der Waals surface area contributed by atoms with Crippen LogP contribution in [-0.2, 0) is 9.53 Å². The number of nitrogens with zero attached hydrogens (tertiary/aromatic N) is 1. The van der Waals surface area contributed by atoms with Gasteiger partial charge in [0.15, 0.2) is 11.5 Å². The highest BCUT2D eigenvalue weighted by Crippen LogP contribution is 2.31. The van der Waals surface area contributed by atoms with E-state index in [9.17, 15) is 19.6 Å². The number of amides is 1. The second kappa shape index (κ2) is 11.5. The lowest BCUT2D eigenvalue weighted by Gasteiger charge is -2.12. The van der Waals surface area contributed by atoms with Gasteiger partial charge in [0.25, 0.3) is 5.91 Å². The van der Waals surface area contributed by atoms with E-state index in [1.165, 1.54) is 38.5 Å². The van der Waals surface area contributed by atoms with Gasteiger partial charge in [-0.3, -0.25) is 4.79 Å². The van der Waals surface area contributed by atoms with Crippen molar-refractivity contribution in [3.63, 3.8) is 0 Å². The first kappa shape index (κ1) is 25.7. The molecule has 0 saturated heterocycles. The molecule has 4 rings (SSSR count). The summed E-state index contributed by atoms with van der Waals surface area (Å²) in [7, 11) is 2.65. The minimum atomic E-state index is -0.714. The number of benzene rings is 4. The van der Waals surface area contributed by atoms with Crippen molar-refractivity contribution in [2.45, 2.75) is 0 Å². The Morgan fingerprint density at radius 1 is 0.816 bits per heavy atom. The summed E-state index contributed by atoms with van der Waals surface area (Å²) in [5.41, 5.74) is 1.01. The van der Waals surface area contributed by atoms with E-state index in [1.54, 1.807) is 36.4 Å². The molecule has 0 fully saturated rings. The molecule has 1 amide bonds. The predicted octanol–water partition coefficient (Wildman–Crippen LogP) is 5.40. The second-order valence-electron chi connectivity index (χ2n) is 7.99. The molecule has 0 aliphatic heterocycles. The molecule has 0 saturated carbocycles. The molecule has 0 aliphatic rings. The molecule has 0 heterocycles. The molecule has 0 aliphatic carbocycles. The SMILES string of the molecule is COC(=O)c1ccccc1NC(=O)C(C#N)=Cc1ccc(OC(=O)c2cccc3ccccc23)c(OC)c1. The number of para-hydroxylation sites is 1. The molecule has 0 bridgehead atoms. The number of methoxy groups -OCH3 is 2. The zero-order valence-corrected chi connectivity index (χ0v) is 20.6. The first-order valence-electron chi connectivity index (χ1n) is 11.4. The standard InChI is InChI=1S/C30H22N2O6/c1-36-27-17-19(16-21(18-31)28(33)32-25-13-6-5-11-24(25)29(34)37-2)14-15-26(27)38-30(35)23-12-7-9-20-8-3-4-10-22(20)23/h3-17H,1-2H3,(H,32,33). The number of carbonyl (C=O) groups is 3. The van der Waals surface area contributed by atoms with E-state index in [4.69, 9.17) is 14.2 Å². The predicted molar refractivity (Wildman–Crippen MR) is 142 cm³/mol. The van der Waals surface area contributed by atoms with Gasteiger partial charge in [-0.2, -0.15) is 5.26 Å². The molecule has 8 heteroatoms. The lowest BCUT2D eigenvalue weighted by molar-refractivity contribution is -0.112. The Morgan fingerprint density at radius 3 is 2.29 bits per heavy atom. The summed E-state index contributed by atoms with van der Waals surface area (Å²) in [5.74, 6) is -1.47. The number of carbonyl (C=O) groups excluding carboxylic acids is 3. The number of hydrogen-bond acceptors (Lipinski definition) is 7. The van der Waals surface area contributed by atoms with Crippen LogP contribution in [0, 0.1) is 11.3 Å². The topological polar surface area (TPSA) is 115 Å². The zero-order valence-electron chi connectivity index (χ0n) is 20.6. The van der Waals surface area contributed by atoms with Crippen LogP contribution in [0.1, 0.15) is 26.3 Å². The number of nitrogens with one attached hydrogen (secondary N) is 1. The van der Waals surface area contributed by atoms with Gasteiger partial charge in [0.2, 0.25) is 0 Å². The van der Waals surface area contributed by atoms with Crippen LogP contribution in [0.4, 0.5) is 5.69 Å². The van der Waals surface area contributed by atoms with Crippen LogP contribution in [0.5, 0.6) is 11.5 Å². The van der Waals surface area contributed by atoms with Crippen molar-refractivity contribution >= 4 is 40.4 Å². The molecule has 4 aromatic carbocycles. The maximum absolute atomic E-state index is 12.9. The van der Waals surface area contributed by atoms with Gasteiger partial charge in [-0.15, -0.1) is 0 Å². The molecule has 38 heavy (non-hydrogen) atoms. The lowest BCUT2D eigenvalue weighted by Crippen LogP contribution is -2.16. The van der Waals surface area contributed by atoms with E-state index in [1.807, 2.05) is 36.4 Å². The number of anilines is 1. The molecule has 0 spiro atoms. The van der Waals surface area contributed by atoms with Gasteiger partial charge in [-0.25, -0.2) is 9.59 Å². The average Bonchev–Trinajstić information content (AvgIpc) is 2.95. The van der Waals surface area contributed by atoms with Crippen molar-refractivity contribution in [3.8, 4) is 17.6 Å². The van der Waals surface area contributed by atoms with Gasteiger partial charge in [-0.05, 0) is 52.7 Å². The van der Waals surface area contributed by atoms with Crippen LogP contribution >= 0.6 is 0 Å². The number of hydrogen-bond donors (Lipinski definition) is 1. The van der Waals surface area contributed by atoms with Gasteiger partial charge in [0.1, 0.15) is 11.6 Å². The van der Waals surface area contributed by atoms with Crippen molar-refractivity contribution in [1.82, 2.24) is 0 Å². The third-order valence-corrected chi connectivity index (χ3v) is 5.66. The van der Waals surface area contributed by atoms with Gasteiger partial charge >= 0.3 is 11.9 Å². The van der Waals surface area contributed by atoms with Gasteiger partial charge in [0.05, 0.1) is 31.0 Å². The minimum absolute atomic E-state index is 0.152. The molecule has 4 aromatic rings. The average molecular weight is 507 g/mol. The monoisotopic (exact) mass is 506 g/mol. The number of fused-ring (bicyclic) bond motifs is 1. The van der Waals surface area contributed by atoms with E-state index in [0.29, 0.717) is 11.1 Å². The summed E-state index contributed by atoms with van der Waals surface area (Å²) >= 11 is 0. The Morgan fingerprint density at radius 2 is 1.53 bits per heavy atom. The maximum atomic E-state index is 12.9. The fraction of sp³-hybridized carbons (Fsp3) is 0.0667. The van der Waals surface area contributed by atoms with Crippen LogP contribution in [0.3, 0.4) is 0 Å². The maximum Gasteiger partial charge on any atom is 0.344 e. The van der Waals surface area contributed by atoms with Crippen LogP contribution in [0.25, 0.3) is 16.8 Å². The third kappa shape index (κ3) is 5.53. The first-order valence-corrected chi connectivity index (χ1v) is 11.4. The second-order valence-corrected chi connectivity index (χ2v) is 7.99. The highest BCUT2D eigenvalue weighted by atomic mass is 16.6. The summed E-state index contributed by atoms with van der Waals surface area (Å²) in [6.45, 7) is 0. The molecular formula is C30H22N2O6. The van der Waals surface area contributed by atoms with Crippen LogP contribution in [0.2, 0.25) is 0 Å². The van der Waals surface area contributed by atoms with Gasteiger partial charge in [-0.1, -0.05) is 54.6 Å². The van der Waals surface area contributed by atoms with E-state index in [-0.39, 0.29) is 28.3 Å². The molecule has 188 valence electrons. The summed E-state index contributed by atoms with van der Waals surface area (Å²) in [5, 5.41) is 13.8. The summed E-state index contributed by atoms with van der Waals surface area (Å²) < 4.78 is 15.7. The van der Waals surface area contributed by atoms with Gasteiger partial charge in [0, 0.05) is 0 Å². The minimum Gasteiger partial charge on any atom is -0.493 e. The Labute approximate surface area is 218 Å². The normalized spacial score (nSPS) is 10.8.